The van der Waals surface area contributed by atoms with Gasteiger partial charge in [0.05, 0.1) is 6.26 Å². The number of hydrogen-bond acceptors (Lipinski definition) is 2. The van der Waals surface area contributed by atoms with E-state index in [1.54, 1.807) is 6.26 Å². The maximum Gasteiger partial charge on any atom is 0.166 e. The smallest absolute Gasteiger partial charge is 0.166 e. The summed E-state index contributed by atoms with van der Waals surface area (Å²) in [7, 11) is 0. The summed E-state index contributed by atoms with van der Waals surface area (Å²) in [4.78, 5) is 10.9. The van der Waals surface area contributed by atoms with Crippen molar-refractivity contribution in [2.45, 2.75) is 63.9 Å². The molecule has 1 aliphatic rings. The Labute approximate surface area is 92.7 Å². The number of carbonyl (C=O) groups excluding carboxylic acids is 1. The van der Waals surface area contributed by atoms with E-state index in [1.165, 1.54) is 32.1 Å². The third-order valence-corrected chi connectivity index (χ3v) is 3.03. The van der Waals surface area contributed by atoms with E-state index in [0.29, 0.717) is 0 Å². The molecule has 15 heavy (non-hydrogen) atoms. The quantitative estimate of drug-likeness (QED) is 0.452. The Balaban J connectivity index is 2.05. The number of rotatable bonds is 8. The Hall–Kier alpha value is -0.790. The van der Waals surface area contributed by atoms with Crippen LogP contribution in [0.5, 0.6) is 0 Å². The van der Waals surface area contributed by atoms with Crippen LogP contribution in [-0.4, -0.2) is 11.9 Å². The van der Waals surface area contributed by atoms with Gasteiger partial charge in [-0.05, 0) is 18.9 Å². The molecule has 1 rings (SSSR count). The fraction of sp³-hybridized carbons (Fsp3) is 0.769. The number of aldehydes is 1. The van der Waals surface area contributed by atoms with E-state index >= 15 is 0 Å². The van der Waals surface area contributed by atoms with Crippen LogP contribution < -0.4 is 0 Å². The molecule has 1 aliphatic heterocycles. The first-order chi connectivity index (χ1) is 7.33. The zero-order chi connectivity index (χ0) is 11.0. The van der Waals surface area contributed by atoms with E-state index in [1.807, 2.05) is 6.08 Å². The highest BCUT2D eigenvalue weighted by Gasteiger charge is 2.31. The summed E-state index contributed by atoms with van der Waals surface area (Å²) < 4.78 is 5.37. The fourth-order valence-electron chi connectivity index (χ4n) is 1.98. The van der Waals surface area contributed by atoms with Gasteiger partial charge in [-0.1, -0.05) is 39.0 Å². The topological polar surface area (TPSA) is 26.3 Å². The molecule has 1 unspecified atom stereocenters. The van der Waals surface area contributed by atoms with Crippen LogP contribution in [-0.2, 0) is 9.53 Å². The van der Waals surface area contributed by atoms with Crippen LogP contribution in [0.25, 0.3) is 0 Å². The molecule has 0 aliphatic carbocycles. The molecule has 1 heterocycles. The average molecular weight is 210 g/mol. The first-order valence-electron chi connectivity index (χ1n) is 6.12. The lowest BCUT2D eigenvalue weighted by atomic mass is 9.94. The molecule has 0 aromatic heterocycles. The number of carbonyl (C=O) groups is 1. The minimum atomic E-state index is -0.509. The molecule has 0 aromatic rings. The molecule has 0 spiro atoms. The maximum absolute atomic E-state index is 10.9. The number of unbranched alkanes of at least 4 members (excludes halogenated alkanes) is 5. The van der Waals surface area contributed by atoms with E-state index in [0.717, 1.165) is 25.5 Å². The highest BCUT2D eigenvalue weighted by Crippen LogP contribution is 2.27. The number of ether oxygens (including phenoxy) is 1. The van der Waals surface area contributed by atoms with Crippen molar-refractivity contribution in [3.05, 3.63) is 12.3 Å². The summed E-state index contributed by atoms with van der Waals surface area (Å²) in [5.41, 5.74) is -0.509. The molecular weight excluding hydrogens is 188 g/mol. The van der Waals surface area contributed by atoms with Crippen LogP contribution in [0, 0.1) is 0 Å². The summed E-state index contributed by atoms with van der Waals surface area (Å²) in [5.74, 6) is 0. The second kappa shape index (κ2) is 6.65. The van der Waals surface area contributed by atoms with Gasteiger partial charge in [0.1, 0.15) is 0 Å². The second-order valence-corrected chi connectivity index (χ2v) is 4.39. The van der Waals surface area contributed by atoms with Crippen molar-refractivity contribution in [1.29, 1.82) is 0 Å². The van der Waals surface area contributed by atoms with Crippen LogP contribution in [0.1, 0.15) is 58.3 Å². The molecule has 2 nitrogen and oxygen atoms in total. The SMILES string of the molecule is CCCCCCCCC1(C=O)CC=CO1. The molecule has 0 aromatic carbocycles. The van der Waals surface area contributed by atoms with Gasteiger partial charge in [-0.25, -0.2) is 0 Å². The van der Waals surface area contributed by atoms with Crippen LogP contribution in [0.15, 0.2) is 12.3 Å². The molecule has 0 bridgehead atoms. The van der Waals surface area contributed by atoms with Crippen molar-refractivity contribution in [3.8, 4) is 0 Å². The third kappa shape index (κ3) is 4.06. The van der Waals surface area contributed by atoms with Crippen molar-refractivity contribution in [3.63, 3.8) is 0 Å². The second-order valence-electron chi connectivity index (χ2n) is 4.39. The zero-order valence-electron chi connectivity index (χ0n) is 9.71. The normalized spacial score (nSPS) is 24.1. The van der Waals surface area contributed by atoms with Crippen molar-refractivity contribution in [1.82, 2.24) is 0 Å². The lowest BCUT2D eigenvalue weighted by Gasteiger charge is -2.21. The lowest BCUT2D eigenvalue weighted by Crippen LogP contribution is -2.29. The van der Waals surface area contributed by atoms with Crippen LogP contribution in [0.3, 0.4) is 0 Å². The van der Waals surface area contributed by atoms with Gasteiger partial charge in [-0.3, -0.25) is 4.79 Å². The van der Waals surface area contributed by atoms with Crippen molar-refractivity contribution >= 4 is 6.29 Å². The van der Waals surface area contributed by atoms with E-state index in [9.17, 15) is 4.79 Å². The van der Waals surface area contributed by atoms with Gasteiger partial charge in [-0.2, -0.15) is 0 Å². The molecule has 1 atom stereocenters. The molecule has 0 N–H and O–H groups in total. The van der Waals surface area contributed by atoms with Crippen LogP contribution >= 0.6 is 0 Å². The summed E-state index contributed by atoms with van der Waals surface area (Å²) in [6.07, 6.45) is 13.7. The monoisotopic (exact) mass is 210 g/mol. The highest BCUT2D eigenvalue weighted by atomic mass is 16.5. The number of hydrogen-bond donors (Lipinski definition) is 0. The van der Waals surface area contributed by atoms with Gasteiger partial charge in [0, 0.05) is 6.42 Å². The Kier molecular flexibility index (Phi) is 5.44. The maximum atomic E-state index is 10.9. The average Bonchev–Trinajstić information content (AvgIpc) is 2.73. The molecule has 2 heteroatoms. The van der Waals surface area contributed by atoms with Gasteiger partial charge in [0.25, 0.3) is 0 Å². The van der Waals surface area contributed by atoms with E-state index in [2.05, 4.69) is 6.92 Å². The summed E-state index contributed by atoms with van der Waals surface area (Å²) >= 11 is 0. The molecular formula is C13H22O2. The Bertz CT molecular complexity index is 201. The molecule has 86 valence electrons. The van der Waals surface area contributed by atoms with Crippen LogP contribution in [0.2, 0.25) is 0 Å². The predicted molar refractivity (Wildman–Crippen MR) is 61.6 cm³/mol. The minimum Gasteiger partial charge on any atom is -0.487 e. The van der Waals surface area contributed by atoms with Gasteiger partial charge < -0.3 is 4.74 Å². The third-order valence-electron chi connectivity index (χ3n) is 3.03. The van der Waals surface area contributed by atoms with Crippen molar-refractivity contribution < 1.29 is 9.53 Å². The van der Waals surface area contributed by atoms with E-state index in [4.69, 9.17) is 4.74 Å². The Morgan fingerprint density at radius 1 is 1.27 bits per heavy atom. The molecule has 0 saturated carbocycles. The predicted octanol–water partition coefficient (Wildman–Crippen LogP) is 3.61. The van der Waals surface area contributed by atoms with Crippen molar-refractivity contribution in [2.75, 3.05) is 0 Å². The summed E-state index contributed by atoms with van der Waals surface area (Å²) in [6.45, 7) is 2.22. The molecule has 0 radical (unpaired) electrons. The zero-order valence-corrected chi connectivity index (χ0v) is 9.71. The Morgan fingerprint density at radius 2 is 2.00 bits per heavy atom. The van der Waals surface area contributed by atoms with Gasteiger partial charge in [-0.15, -0.1) is 0 Å². The standard InChI is InChI=1S/C13H22O2/c1-2-3-4-5-6-7-9-13(12-14)10-8-11-15-13/h8,11-12H,2-7,9-10H2,1H3. The van der Waals surface area contributed by atoms with E-state index in [-0.39, 0.29) is 0 Å². The highest BCUT2D eigenvalue weighted by molar-refractivity contribution is 5.63. The Morgan fingerprint density at radius 3 is 2.60 bits per heavy atom. The lowest BCUT2D eigenvalue weighted by molar-refractivity contribution is -0.123. The van der Waals surface area contributed by atoms with Crippen molar-refractivity contribution in [2.24, 2.45) is 0 Å². The van der Waals surface area contributed by atoms with Gasteiger partial charge in [0.15, 0.2) is 11.9 Å². The van der Waals surface area contributed by atoms with Gasteiger partial charge in [0.2, 0.25) is 0 Å². The van der Waals surface area contributed by atoms with E-state index < -0.39 is 5.60 Å². The summed E-state index contributed by atoms with van der Waals surface area (Å²) in [6, 6.07) is 0. The fourth-order valence-corrected chi connectivity index (χ4v) is 1.98. The first kappa shape index (κ1) is 12.3. The molecule has 0 amide bonds. The summed E-state index contributed by atoms with van der Waals surface area (Å²) in [5, 5.41) is 0. The molecule has 0 fully saturated rings. The largest absolute Gasteiger partial charge is 0.487 e. The minimum absolute atomic E-state index is 0.509. The van der Waals surface area contributed by atoms with Gasteiger partial charge >= 0.3 is 0 Å². The molecule has 0 saturated heterocycles. The first-order valence-corrected chi connectivity index (χ1v) is 6.12. The van der Waals surface area contributed by atoms with Crippen LogP contribution in [0.4, 0.5) is 0 Å².